The Bertz CT molecular complexity index is 697. The number of alkyl halides is 1. The number of halogens is 1. The zero-order valence-electron chi connectivity index (χ0n) is 16.8. The lowest BCUT2D eigenvalue weighted by atomic mass is 9.97. The van der Waals surface area contributed by atoms with Gasteiger partial charge in [0, 0.05) is 0 Å². The highest BCUT2D eigenvalue weighted by Gasteiger charge is 2.31. The summed E-state index contributed by atoms with van der Waals surface area (Å²) in [5, 5.41) is 4.80. The molecule has 160 valence electrons. The summed E-state index contributed by atoms with van der Waals surface area (Å²) in [5.41, 5.74) is 0.777. The number of amides is 2. The minimum absolute atomic E-state index is 0.0207. The van der Waals surface area contributed by atoms with Crippen LogP contribution in [0.4, 0.5) is 9.18 Å². The lowest BCUT2D eigenvalue weighted by Crippen LogP contribution is -2.54. The Morgan fingerprint density at radius 1 is 1.10 bits per heavy atom. The second-order valence-electron chi connectivity index (χ2n) is 6.51. The number of alkyl carbamates (subject to hydrolysis) is 1. The summed E-state index contributed by atoms with van der Waals surface area (Å²) in [6, 6.07) is 6.59. The molecule has 0 aliphatic rings. The Hall–Kier alpha value is -2.97. The maximum Gasteiger partial charge on any atom is 0.408 e. The van der Waals surface area contributed by atoms with Crippen LogP contribution in [0.2, 0.25) is 0 Å². The minimum Gasteiger partial charge on any atom is -0.469 e. The third-order valence-electron chi connectivity index (χ3n) is 4.42. The van der Waals surface area contributed by atoms with E-state index in [-0.39, 0.29) is 12.5 Å². The van der Waals surface area contributed by atoms with Crippen molar-refractivity contribution in [3.8, 4) is 0 Å². The number of hydrogen-bond acceptors (Lipinski definition) is 6. The van der Waals surface area contributed by atoms with E-state index < -0.39 is 48.9 Å². The first-order valence-corrected chi connectivity index (χ1v) is 9.25. The largest absolute Gasteiger partial charge is 0.469 e. The number of ether oxygens (including phenoxy) is 2. The summed E-state index contributed by atoms with van der Waals surface area (Å²) in [6.07, 6.45) is -0.775. The molecule has 29 heavy (non-hydrogen) atoms. The zero-order valence-corrected chi connectivity index (χ0v) is 16.8. The SMILES string of the molecule is CC[C@H](C)[C@H](NC(=O)OCc1ccccc1)C(=O)NC(CC(=O)OC)C(=O)CF. The third kappa shape index (κ3) is 8.28. The van der Waals surface area contributed by atoms with Crippen molar-refractivity contribution in [2.24, 2.45) is 5.92 Å². The van der Waals surface area contributed by atoms with E-state index >= 15 is 0 Å². The fourth-order valence-electron chi connectivity index (χ4n) is 2.44. The average Bonchev–Trinajstić information content (AvgIpc) is 2.74. The van der Waals surface area contributed by atoms with Crippen molar-refractivity contribution < 1.29 is 33.0 Å². The number of nitrogens with one attached hydrogen (secondary N) is 2. The average molecular weight is 410 g/mol. The highest BCUT2D eigenvalue weighted by Crippen LogP contribution is 2.10. The van der Waals surface area contributed by atoms with Crippen molar-refractivity contribution in [1.29, 1.82) is 0 Å². The van der Waals surface area contributed by atoms with Crippen LogP contribution in [0.3, 0.4) is 0 Å². The highest BCUT2D eigenvalue weighted by molar-refractivity contribution is 5.94. The number of carbonyl (C=O) groups excluding carboxylic acids is 4. The fourth-order valence-corrected chi connectivity index (χ4v) is 2.44. The first-order valence-electron chi connectivity index (χ1n) is 9.25. The van der Waals surface area contributed by atoms with Gasteiger partial charge in [0.05, 0.1) is 13.5 Å². The molecule has 9 heteroatoms. The summed E-state index contributed by atoms with van der Waals surface area (Å²) in [4.78, 5) is 48.0. The molecule has 0 aromatic heterocycles. The minimum atomic E-state index is -1.38. The Morgan fingerprint density at radius 3 is 2.31 bits per heavy atom. The van der Waals surface area contributed by atoms with Crippen LogP contribution in [-0.2, 0) is 30.5 Å². The van der Waals surface area contributed by atoms with Crippen molar-refractivity contribution >= 4 is 23.8 Å². The van der Waals surface area contributed by atoms with Gasteiger partial charge in [-0.3, -0.25) is 14.4 Å². The monoisotopic (exact) mass is 410 g/mol. The van der Waals surface area contributed by atoms with E-state index in [0.29, 0.717) is 6.42 Å². The fraction of sp³-hybridized carbons (Fsp3) is 0.500. The van der Waals surface area contributed by atoms with Gasteiger partial charge >= 0.3 is 12.1 Å². The van der Waals surface area contributed by atoms with Gasteiger partial charge in [0.15, 0.2) is 5.78 Å². The smallest absolute Gasteiger partial charge is 0.408 e. The van der Waals surface area contributed by atoms with Crippen LogP contribution in [0.1, 0.15) is 32.3 Å². The molecule has 1 rings (SSSR count). The van der Waals surface area contributed by atoms with Crippen molar-refractivity contribution in [1.82, 2.24) is 10.6 Å². The van der Waals surface area contributed by atoms with Gasteiger partial charge in [0.25, 0.3) is 0 Å². The first-order chi connectivity index (χ1) is 13.8. The van der Waals surface area contributed by atoms with Crippen LogP contribution in [0, 0.1) is 5.92 Å². The highest BCUT2D eigenvalue weighted by atomic mass is 19.1. The summed E-state index contributed by atoms with van der Waals surface area (Å²) in [7, 11) is 1.12. The molecule has 0 saturated heterocycles. The standard InChI is InChI=1S/C20H27FN2O6/c1-4-13(2)18(23-20(27)29-12-14-8-6-5-7-9-14)19(26)22-15(16(24)11-21)10-17(25)28-3/h5-9,13,15,18H,4,10-12H2,1-3H3,(H,22,26)(H,23,27)/t13-,15?,18-/m0/s1. The van der Waals surface area contributed by atoms with Crippen LogP contribution >= 0.6 is 0 Å². The Balaban J connectivity index is 2.78. The second kappa shape index (κ2) is 12.5. The molecule has 2 N–H and O–H groups in total. The number of rotatable bonds is 11. The molecular formula is C20H27FN2O6. The number of Topliss-reactive ketones (excluding diaryl/α,β-unsaturated/α-hetero) is 1. The predicted octanol–water partition coefficient (Wildman–Crippen LogP) is 1.91. The molecule has 1 aromatic carbocycles. The number of methoxy groups -OCH3 is 1. The molecule has 0 heterocycles. The summed E-state index contributed by atoms with van der Waals surface area (Å²) >= 11 is 0. The van der Waals surface area contributed by atoms with Gasteiger partial charge < -0.3 is 20.1 Å². The van der Waals surface area contributed by atoms with Gasteiger partial charge in [-0.15, -0.1) is 0 Å². The van der Waals surface area contributed by atoms with Crippen molar-refractivity contribution in [2.75, 3.05) is 13.8 Å². The van der Waals surface area contributed by atoms with E-state index in [1.54, 1.807) is 31.2 Å². The van der Waals surface area contributed by atoms with Crippen molar-refractivity contribution in [2.45, 2.75) is 45.4 Å². The Kier molecular flexibility index (Phi) is 10.4. The molecule has 0 aliphatic heterocycles. The van der Waals surface area contributed by atoms with Crippen molar-refractivity contribution in [3.63, 3.8) is 0 Å². The number of carbonyl (C=O) groups is 4. The van der Waals surface area contributed by atoms with E-state index in [1.165, 1.54) is 0 Å². The number of hydrogen-bond donors (Lipinski definition) is 2. The second-order valence-corrected chi connectivity index (χ2v) is 6.51. The van der Waals surface area contributed by atoms with Gasteiger partial charge in [-0.2, -0.15) is 0 Å². The van der Waals surface area contributed by atoms with Gasteiger partial charge in [-0.05, 0) is 11.5 Å². The molecule has 0 radical (unpaired) electrons. The molecular weight excluding hydrogens is 383 g/mol. The zero-order chi connectivity index (χ0) is 21.8. The van der Waals surface area contributed by atoms with E-state index in [2.05, 4.69) is 15.4 Å². The lowest BCUT2D eigenvalue weighted by molar-refractivity contribution is -0.143. The summed E-state index contributed by atoms with van der Waals surface area (Å²) in [5.74, 6) is -2.75. The van der Waals surface area contributed by atoms with E-state index in [9.17, 15) is 23.6 Å². The number of esters is 1. The quantitative estimate of drug-likeness (QED) is 0.539. The van der Waals surface area contributed by atoms with E-state index in [4.69, 9.17) is 4.74 Å². The van der Waals surface area contributed by atoms with Crippen LogP contribution in [0.15, 0.2) is 30.3 Å². The molecule has 3 atom stereocenters. The van der Waals surface area contributed by atoms with Crippen LogP contribution in [-0.4, -0.2) is 49.6 Å². The molecule has 0 bridgehead atoms. The summed E-state index contributed by atoms with van der Waals surface area (Å²) in [6.45, 7) is 2.23. The van der Waals surface area contributed by atoms with Gasteiger partial charge in [-0.25, -0.2) is 9.18 Å². The molecule has 0 fully saturated rings. The van der Waals surface area contributed by atoms with Gasteiger partial charge in [0.2, 0.25) is 5.91 Å². The molecule has 1 aromatic rings. The molecule has 8 nitrogen and oxygen atoms in total. The van der Waals surface area contributed by atoms with Crippen LogP contribution < -0.4 is 10.6 Å². The predicted molar refractivity (Wildman–Crippen MR) is 103 cm³/mol. The van der Waals surface area contributed by atoms with Crippen LogP contribution in [0.5, 0.6) is 0 Å². The maximum atomic E-state index is 12.8. The van der Waals surface area contributed by atoms with E-state index in [0.717, 1.165) is 12.7 Å². The number of benzene rings is 1. The lowest BCUT2D eigenvalue weighted by Gasteiger charge is -2.25. The normalized spacial score (nSPS) is 13.5. The number of ketones is 1. The maximum absolute atomic E-state index is 12.8. The van der Waals surface area contributed by atoms with Gasteiger partial charge in [-0.1, -0.05) is 50.6 Å². The topological polar surface area (TPSA) is 111 Å². The molecule has 0 spiro atoms. The Labute approximate surface area is 169 Å². The van der Waals surface area contributed by atoms with E-state index in [1.807, 2.05) is 13.0 Å². The van der Waals surface area contributed by atoms with Gasteiger partial charge in [0.1, 0.15) is 25.4 Å². The summed E-state index contributed by atoms with van der Waals surface area (Å²) < 4.78 is 22.4. The Morgan fingerprint density at radius 2 is 1.76 bits per heavy atom. The van der Waals surface area contributed by atoms with Crippen LogP contribution in [0.25, 0.3) is 0 Å². The van der Waals surface area contributed by atoms with Crippen molar-refractivity contribution in [3.05, 3.63) is 35.9 Å². The first kappa shape index (κ1) is 24.1. The third-order valence-corrected chi connectivity index (χ3v) is 4.42. The molecule has 2 amide bonds. The molecule has 0 saturated carbocycles. The molecule has 0 aliphatic carbocycles. The molecule has 1 unspecified atom stereocenters.